The van der Waals surface area contributed by atoms with E-state index in [1.807, 2.05) is 25.1 Å². The first-order valence-electron chi connectivity index (χ1n) is 6.23. The summed E-state index contributed by atoms with van der Waals surface area (Å²) >= 11 is 0. The van der Waals surface area contributed by atoms with Gasteiger partial charge >= 0.3 is 5.69 Å². The van der Waals surface area contributed by atoms with E-state index in [9.17, 15) is 4.79 Å². The van der Waals surface area contributed by atoms with Gasteiger partial charge in [-0.15, -0.1) is 0 Å². The van der Waals surface area contributed by atoms with Gasteiger partial charge in [-0.05, 0) is 25.1 Å². The van der Waals surface area contributed by atoms with Gasteiger partial charge in [-0.25, -0.2) is 9.78 Å². The van der Waals surface area contributed by atoms with E-state index in [-0.39, 0.29) is 5.69 Å². The Balaban J connectivity index is 1.99. The summed E-state index contributed by atoms with van der Waals surface area (Å²) in [6, 6.07) is 5.71. The van der Waals surface area contributed by atoms with Gasteiger partial charge in [-0.1, -0.05) is 0 Å². The van der Waals surface area contributed by atoms with Gasteiger partial charge in [0.25, 0.3) is 0 Å². The smallest absolute Gasteiger partial charge is 0.326 e. The third-order valence-electron chi connectivity index (χ3n) is 3.46. The van der Waals surface area contributed by atoms with Gasteiger partial charge in [0.05, 0.1) is 22.1 Å². The molecule has 0 spiro atoms. The number of nitrogens with one attached hydrogen (secondary N) is 3. The van der Waals surface area contributed by atoms with Crippen LogP contribution in [0.25, 0.3) is 33.6 Å². The van der Waals surface area contributed by atoms with Gasteiger partial charge in [0, 0.05) is 12.7 Å². The Bertz CT molecular complexity index is 999. The molecule has 4 aromatic rings. The van der Waals surface area contributed by atoms with Crippen molar-refractivity contribution < 1.29 is 0 Å². The Labute approximate surface area is 112 Å². The molecule has 0 aliphatic heterocycles. The van der Waals surface area contributed by atoms with Gasteiger partial charge in [0.15, 0.2) is 5.82 Å². The Morgan fingerprint density at radius 2 is 2.00 bits per heavy atom. The molecule has 0 saturated heterocycles. The monoisotopic (exact) mass is 268 g/mol. The lowest BCUT2D eigenvalue weighted by molar-refractivity contribution is 0.892. The quantitative estimate of drug-likeness (QED) is 0.487. The molecular formula is C13H12N6O. The van der Waals surface area contributed by atoms with Crippen LogP contribution in [-0.2, 0) is 7.05 Å². The summed E-state index contributed by atoms with van der Waals surface area (Å²) in [7, 11) is 1.73. The molecule has 0 bridgehead atoms. The molecule has 7 nitrogen and oxygen atoms in total. The van der Waals surface area contributed by atoms with Crippen molar-refractivity contribution in [1.29, 1.82) is 0 Å². The SMILES string of the molecule is Cc1cc(-c2nc3cc4c(cc3[nH]2)[nH]c(=O)n4C)n[nH]1. The lowest BCUT2D eigenvalue weighted by Crippen LogP contribution is -2.11. The van der Waals surface area contributed by atoms with Crippen molar-refractivity contribution in [2.75, 3.05) is 0 Å². The van der Waals surface area contributed by atoms with Crippen LogP contribution in [0.15, 0.2) is 23.0 Å². The van der Waals surface area contributed by atoms with Crippen LogP contribution in [0.2, 0.25) is 0 Å². The van der Waals surface area contributed by atoms with Crippen LogP contribution in [0.4, 0.5) is 0 Å². The lowest BCUT2D eigenvalue weighted by Gasteiger charge is -1.92. The number of fused-ring (bicyclic) bond motifs is 2. The maximum Gasteiger partial charge on any atom is 0.326 e. The number of imidazole rings is 2. The minimum absolute atomic E-state index is 0.129. The summed E-state index contributed by atoms with van der Waals surface area (Å²) in [5.41, 5.74) is 4.93. The van der Waals surface area contributed by atoms with Crippen LogP contribution < -0.4 is 5.69 Å². The Morgan fingerprint density at radius 1 is 1.15 bits per heavy atom. The number of aromatic amines is 3. The molecule has 100 valence electrons. The highest BCUT2D eigenvalue weighted by atomic mass is 16.1. The molecule has 0 unspecified atom stereocenters. The van der Waals surface area contributed by atoms with Gasteiger partial charge in [-0.3, -0.25) is 9.67 Å². The highest BCUT2D eigenvalue weighted by molar-refractivity contribution is 5.92. The zero-order valence-electron chi connectivity index (χ0n) is 11.0. The zero-order valence-corrected chi connectivity index (χ0v) is 11.0. The van der Waals surface area contributed by atoms with Gasteiger partial charge < -0.3 is 9.97 Å². The van der Waals surface area contributed by atoms with E-state index in [4.69, 9.17) is 0 Å². The van der Waals surface area contributed by atoms with Crippen LogP contribution in [0.3, 0.4) is 0 Å². The van der Waals surface area contributed by atoms with E-state index >= 15 is 0 Å². The van der Waals surface area contributed by atoms with E-state index in [0.29, 0.717) is 5.82 Å². The van der Waals surface area contributed by atoms with Crippen molar-refractivity contribution in [2.45, 2.75) is 6.92 Å². The van der Waals surface area contributed by atoms with Crippen molar-refractivity contribution >= 4 is 22.1 Å². The van der Waals surface area contributed by atoms with Gasteiger partial charge in [0.1, 0.15) is 5.69 Å². The molecule has 20 heavy (non-hydrogen) atoms. The minimum atomic E-state index is -0.129. The fourth-order valence-electron chi connectivity index (χ4n) is 2.39. The van der Waals surface area contributed by atoms with Crippen molar-refractivity contribution in [3.8, 4) is 11.5 Å². The van der Waals surface area contributed by atoms with Crippen LogP contribution >= 0.6 is 0 Å². The number of hydrogen-bond acceptors (Lipinski definition) is 3. The van der Waals surface area contributed by atoms with E-state index in [0.717, 1.165) is 33.5 Å². The van der Waals surface area contributed by atoms with Crippen molar-refractivity contribution in [2.24, 2.45) is 7.05 Å². The largest absolute Gasteiger partial charge is 0.337 e. The van der Waals surface area contributed by atoms with Crippen molar-refractivity contribution in [1.82, 2.24) is 29.7 Å². The molecule has 0 fully saturated rings. The molecule has 0 amide bonds. The third-order valence-corrected chi connectivity index (χ3v) is 3.46. The topological polar surface area (TPSA) is 95.2 Å². The number of H-pyrrole nitrogens is 3. The number of aromatic nitrogens is 6. The number of nitrogens with zero attached hydrogens (tertiary/aromatic N) is 3. The number of rotatable bonds is 1. The number of benzene rings is 1. The molecule has 0 atom stereocenters. The first kappa shape index (κ1) is 11.0. The van der Waals surface area contributed by atoms with Gasteiger partial charge in [0.2, 0.25) is 0 Å². The molecule has 1 aromatic carbocycles. The second kappa shape index (κ2) is 3.60. The highest BCUT2D eigenvalue weighted by Crippen LogP contribution is 2.22. The summed E-state index contributed by atoms with van der Waals surface area (Å²) in [4.78, 5) is 22.2. The number of hydrogen-bond donors (Lipinski definition) is 3. The summed E-state index contributed by atoms with van der Waals surface area (Å²) in [5, 5.41) is 7.08. The highest BCUT2D eigenvalue weighted by Gasteiger charge is 2.11. The Morgan fingerprint density at radius 3 is 2.75 bits per heavy atom. The maximum absolute atomic E-state index is 11.6. The Kier molecular flexibility index (Phi) is 1.98. The molecule has 7 heteroatoms. The van der Waals surface area contributed by atoms with E-state index in [1.54, 1.807) is 11.6 Å². The lowest BCUT2D eigenvalue weighted by atomic mass is 10.3. The van der Waals surface area contributed by atoms with E-state index in [2.05, 4.69) is 25.1 Å². The second-order valence-corrected chi connectivity index (χ2v) is 4.90. The average Bonchev–Trinajstić information content (AvgIpc) is 3.07. The molecular weight excluding hydrogens is 256 g/mol. The fraction of sp³-hybridized carbons (Fsp3) is 0.154. The summed E-state index contributed by atoms with van der Waals surface area (Å²) in [5.74, 6) is 0.710. The summed E-state index contributed by atoms with van der Waals surface area (Å²) < 4.78 is 1.57. The molecule has 3 aromatic heterocycles. The molecule has 3 heterocycles. The van der Waals surface area contributed by atoms with Crippen LogP contribution in [0.1, 0.15) is 5.69 Å². The molecule has 0 radical (unpaired) electrons. The standard InChI is InChI=1S/C13H12N6O/c1-6-3-10(18-17-6)12-14-7-4-9-11(5-8(7)15-12)19(2)13(20)16-9/h3-5H,1-2H3,(H,14,15)(H,16,20)(H,17,18). The fourth-order valence-corrected chi connectivity index (χ4v) is 2.39. The summed E-state index contributed by atoms with van der Waals surface area (Å²) in [6.45, 7) is 1.94. The summed E-state index contributed by atoms with van der Waals surface area (Å²) in [6.07, 6.45) is 0. The minimum Gasteiger partial charge on any atom is -0.337 e. The molecule has 3 N–H and O–H groups in total. The van der Waals surface area contributed by atoms with Gasteiger partial charge in [-0.2, -0.15) is 5.10 Å². The molecule has 0 saturated carbocycles. The number of aryl methyl sites for hydroxylation is 2. The maximum atomic E-state index is 11.6. The molecule has 0 aliphatic carbocycles. The van der Waals surface area contributed by atoms with Crippen LogP contribution in [0, 0.1) is 6.92 Å². The van der Waals surface area contributed by atoms with Crippen LogP contribution in [0.5, 0.6) is 0 Å². The molecule has 0 aliphatic rings. The first-order chi connectivity index (χ1) is 9.61. The van der Waals surface area contributed by atoms with Crippen LogP contribution in [-0.4, -0.2) is 29.7 Å². The normalized spacial score (nSPS) is 11.7. The average molecular weight is 268 g/mol. The first-order valence-corrected chi connectivity index (χ1v) is 6.23. The van der Waals surface area contributed by atoms with E-state index in [1.165, 1.54) is 0 Å². The second-order valence-electron chi connectivity index (χ2n) is 4.90. The molecule has 4 rings (SSSR count). The predicted octanol–water partition coefficient (Wildman–Crippen LogP) is 1.44. The Hall–Kier alpha value is -2.83. The van der Waals surface area contributed by atoms with Crippen molar-refractivity contribution in [3.05, 3.63) is 34.4 Å². The zero-order chi connectivity index (χ0) is 13.9. The van der Waals surface area contributed by atoms with Crippen molar-refractivity contribution in [3.63, 3.8) is 0 Å². The van der Waals surface area contributed by atoms with E-state index < -0.39 is 0 Å². The third kappa shape index (κ3) is 1.43. The predicted molar refractivity (Wildman–Crippen MR) is 75.5 cm³/mol.